The molecule has 5 nitrogen and oxygen atoms in total. The van der Waals surface area contributed by atoms with Crippen molar-refractivity contribution < 1.29 is 33.0 Å². The quantitative estimate of drug-likeness (QED) is 0.116. The normalized spacial score (nSPS) is 16.5. The van der Waals surface area contributed by atoms with E-state index in [1.807, 2.05) is 30.3 Å². The van der Waals surface area contributed by atoms with Crippen LogP contribution in [0.2, 0.25) is 0 Å². The molecule has 0 spiro atoms. The van der Waals surface area contributed by atoms with Crippen molar-refractivity contribution in [1.29, 1.82) is 0 Å². The van der Waals surface area contributed by atoms with Gasteiger partial charge in [-0.25, -0.2) is 13.6 Å². The Morgan fingerprint density at radius 3 is 2.09 bits per heavy atom. The fourth-order valence-electron chi connectivity index (χ4n) is 5.92. The predicted molar refractivity (Wildman–Crippen MR) is 179 cm³/mol. The van der Waals surface area contributed by atoms with Gasteiger partial charge in [-0.15, -0.1) is 0 Å². The van der Waals surface area contributed by atoms with Gasteiger partial charge in [0.25, 0.3) is 0 Å². The van der Waals surface area contributed by atoms with Gasteiger partial charge in [-0.3, -0.25) is 4.79 Å². The molecule has 1 fully saturated rings. The average molecular weight is 633 g/mol. The van der Waals surface area contributed by atoms with Crippen LogP contribution in [0.5, 0.6) is 0 Å². The van der Waals surface area contributed by atoms with E-state index in [2.05, 4.69) is 20.1 Å². The zero-order valence-electron chi connectivity index (χ0n) is 27.2. The largest absolute Gasteiger partial charge is 0.462 e. The molecule has 0 aliphatic heterocycles. The van der Waals surface area contributed by atoms with E-state index in [0.717, 1.165) is 49.5 Å². The molecule has 46 heavy (non-hydrogen) atoms. The van der Waals surface area contributed by atoms with Gasteiger partial charge in [0.2, 0.25) is 0 Å². The molecular weight excluding hydrogens is 586 g/mol. The third-order valence-electron chi connectivity index (χ3n) is 8.64. The summed E-state index contributed by atoms with van der Waals surface area (Å²) in [4.78, 5) is 21.2. The van der Waals surface area contributed by atoms with Crippen molar-refractivity contribution in [3.63, 3.8) is 0 Å². The lowest BCUT2D eigenvalue weighted by molar-refractivity contribution is -0.140. The highest BCUT2D eigenvalue weighted by molar-refractivity contribution is 5.87. The first-order valence-corrected chi connectivity index (χ1v) is 15.9. The number of aryl methyl sites for hydroxylation is 1. The summed E-state index contributed by atoms with van der Waals surface area (Å²) in [6.07, 6.45) is 6.15. The summed E-state index contributed by atoms with van der Waals surface area (Å²) in [7, 11) is 1.67. The Labute approximate surface area is 272 Å². The predicted octanol–water partition coefficient (Wildman–Crippen LogP) is 8.64. The van der Waals surface area contributed by atoms with Crippen LogP contribution < -0.4 is 0 Å². The van der Waals surface area contributed by atoms with Crippen LogP contribution in [0.1, 0.15) is 63.0 Å². The number of aliphatic hydroxyl groups excluding tert-OH is 1. The number of allylic oxidation sites excluding steroid dienone is 1. The molecule has 0 bridgehead atoms. The second kappa shape index (κ2) is 18.3. The minimum atomic E-state index is -0.571. The van der Waals surface area contributed by atoms with Crippen LogP contribution >= 0.6 is 0 Å². The molecule has 3 aromatic rings. The van der Waals surface area contributed by atoms with E-state index in [0.29, 0.717) is 41.2 Å². The molecule has 7 heteroatoms. The van der Waals surface area contributed by atoms with Gasteiger partial charge in [-0.2, -0.15) is 0 Å². The van der Waals surface area contributed by atoms with Gasteiger partial charge in [0.1, 0.15) is 17.9 Å². The number of methoxy groups -OCH3 is 1. The van der Waals surface area contributed by atoms with Gasteiger partial charge in [-0.05, 0) is 103 Å². The summed E-state index contributed by atoms with van der Waals surface area (Å²) in [6.45, 7) is 11.0. The summed E-state index contributed by atoms with van der Waals surface area (Å²) in [6, 6.07) is 18.1. The van der Waals surface area contributed by atoms with Crippen LogP contribution in [0.15, 0.2) is 85.0 Å². The van der Waals surface area contributed by atoms with Crippen LogP contribution in [-0.2, 0) is 25.5 Å². The van der Waals surface area contributed by atoms with Crippen molar-refractivity contribution in [2.45, 2.75) is 58.3 Å². The highest BCUT2D eigenvalue weighted by Crippen LogP contribution is 2.41. The van der Waals surface area contributed by atoms with E-state index in [4.69, 9.17) is 14.6 Å². The molecule has 1 saturated carbocycles. The second-order valence-corrected chi connectivity index (χ2v) is 12.0. The second-order valence-electron chi connectivity index (χ2n) is 12.0. The Balaban J connectivity index is 0.00000107. The smallest absolute Gasteiger partial charge is 0.335 e. The number of hydrogen-bond donors (Lipinski definition) is 1. The van der Waals surface area contributed by atoms with Crippen molar-refractivity contribution in [3.05, 3.63) is 108 Å². The fourth-order valence-corrected chi connectivity index (χ4v) is 5.92. The number of esters is 1. The van der Waals surface area contributed by atoms with Crippen LogP contribution in [0.25, 0.3) is 22.3 Å². The number of ether oxygens (including phenoxy) is 2. The Morgan fingerprint density at radius 1 is 0.957 bits per heavy atom. The number of hydrogen-bond acceptors (Lipinski definition) is 5. The fraction of sp³-hybridized carbons (Fsp3) is 0.385. The molecule has 0 amide bonds. The van der Waals surface area contributed by atoms with Crippen LogP contribution in [0.4, 0.5) is 8.78 Å². The maximum absolute atomic E-state index is 15.3. The molecular formula is C39H46F2O5. The maximum atomic E-state index is 15.3. The van der Waals surface area contributed by atoms with E-state index in [1.165, 1.54) is 11.6 Å². The van der Waals surface area contributed by atoms with Crippen LogP contribution in [-0.4, -0.2) is 44.3 Å². The average Bonchev–Trinajstić information content (AvgIpc) is 3.07. The van der Waals surface area contributed by atoms with Gasteiger partial charge in [-0.1, -0.05) is 68.6 Å². The third kappa shape index (κ3) is 10.3. The topological polar surface area (TPSA) is 72.8 Å². The van der Waals surface area contributed by atoms with E-state index < -0.39 is 12.6 Å². The van der Waals surface area contributed by atoms with Crippen molar-refractivity contribution in [2.24, 2.45) is 11.8 Å². The zero-order valence-corrected chi connectivity index (χ0v) is 27.2. The van der Waals surface area contributed by atoms with E-state index in [1.54, 1.807) is 38.3 Å². The number of benzene rings is 3. The molecule has 0 saturated heterocycles. The molecule has 1 N–H and O–H groups in total. The van der Waals surface area contributed by atoms with Crippen LogP contribution in [0.3, 0.4) is 0 Å². The third-order valence-corrected chi connectivity index (χ3v) is 8.64. The number of aldehydes is 1. The first kappa shape index (κ1) is 36.5. The number of rotatable bonds is 13. The van der Waals surface area contributed by atoms with Crippen molar-refractivity contribution in [2.75, 3.05) is 26.9 Å². The highest BCUT2D eigenvalue weighted by atomic mass is 19.1. The van der Waals surface area contributed by atoms with Crippen molar-refractivity contribution >= 4 is 12.3 Å². The summed E-state index contributed by atoms with van der Waals surface area (Å²) in [5.74, 6) is -0.348. The Kier molecular flexibility index (Phi) is 14.5. The minimum absolute atomic E-state index is 0.0480. The van der Waals surface area contributed by atoms with E-state index in [-0.39, 0.29) is 35.7 Å². The van der Waals surface area contributed by atoms with Gasteiger partial charge in [0.05, 0.1) is 18.8 Å². The molecule has 0 radical (unpaired) electrons. The zero-order chi connectivity index (χ0) is 33.6. The molecule has 1 unspecified atom stereocenters. The summed E-state index contributed by atoms with van der Waals surface area (Å²) in [5, 5.41) is 9.03. The summed E-state index contributed by atoms with van der Waals surface area (Å²) < 4.78 is 41.1. The Bertz CT molecular complexity index is 1470. The van der Waals surface area contributed by atoms with Crippen LogP contribution in [0, 0.1) is 23.5 Å². The maximum Gasteiger partial charge on any atom is 0.335 e. The molecule has 4 rings (SSSR count). The summed E-state index contributed by atoms with van der Waals surface area (Å²) >= 11 is 0. The van der Waals surface area contributed by atoms with Crippen molar-refractivity contribution in [3.8, 4) is 22.3 Å². The SMILES string of the molecule is C=C(C)C=O.C=C(CO)C(=O)OCCC(COC)C1CCC(c2ccc(-c3ccc(-c4ccc(CC)cc4)c(F)c3)c(F)c2)CC1. The lowest BCUT2D eigenvalue weighted by Gasteiger charge is -2.34. The van der Waals surface area contributed by atoms with Crippen molar-refractivity contribution in [1.82, 2.24) is 0 Å². The first-order valence-electron chi connectivity index (χ1n) is 15.9. The minimum Gasteiger partial charge on any atom is -0.462 e. The molecule has 1 aliphatic rings. The number of aliphatic hydroxyl groups is 1. The molecule has 246 valence electrons. The molecule has 0 heterocycles. The van der Waals surface area contributed by atoms with Gasteiger partial charge < -0.3 is 14.6 Å². The number of carbonyl (C=O) groups is 2. The highest BCUT2D eigenvalue weighted by Gasteiger charge is 2.29. The molecule has 1 atom stereocenters. The first-order chi connectivity index (χ1) is 22.1. The standard InChI is InChI=1S/C35H40F2O4.C4H6O/c1-4-24-5-7-27(8-6-24)31-16-14-29(20-34(31)37)32-15-13-28(19-33(32)36)25-9-11-26(12-10-25)30(22-40-3)17-18-41-35(39)23(2)21-38;1-4(2)3-5/h5-8,13-16,19-20,25-26,30,38H,2,4,9-12,17-18,21-22H2,1,3H3;3H,1H2,2H3. The lowest BCUT2D eigenvalue weighted by Crippen LogP contribution is -2.26. The number of halogens is 2. The van der Waals surface area contributed by atoms with E-state index >= 15 is 8.78 Å². The van der Waals surface area contributed by atoms with Gasteiger partial charge >= 0.3 is 5.97 Å². The monoisotopic (exact) mass is 632 g/mol. The summed E-state index contributed by atoms with van der Waals surface area (Å²) in [5.41, 5.74) is 5.02. The molecule has 3 aromatic carbocycles. The molecule has 1 aliphatic carbocycles. The van der Waals surface area contributed by atoms with Gasteiger partial charge in [0, 0.05) is 24.8 Å². The number of carbonyl (C=O) groups excluding carboxylic acids is 2. The molecule has 0 aromatic heterocycles. The Hall–Kier alpha value is -3.94. The Morgan fingerprint density at radius 2 is 1.54 bits per heavy atom. The van der Waals surface area contributed by atoms with Gasteiger partial charge in [0.15, 0.2) is 0 Å². The van der Waals surface area contributed by atoms with E-state index in [9.17, 15) is 9.59 Å². The lowest BCUT2D eigenvalue weighted by atomic mass is 9.73.